The van der Waals surface area contributed by atoms with Crippen LogP contribution in [0, 0.1) is 0 Å². The first-order valence-corrected chi connectivity index (χ1v) is 9.09. The molecule has 0 saturated carbocycles. The topological polar surface area (TPSA) is 75.3 Å². The van der Waals surface area contributed by atoms with E-state index >= 15 is 0 Å². The first kappa shape index (κ1) is 22.5. The molecule has 0 rings (SSSR count). The molecule has 0 spiro atoms. The predicted molar refractivity (Wildman–Crippen MR) is 93.1 cm³/mol. The molecule has 0 unspecified atom stereocenters. The molecule has 0 radical (unpaired) electrons. The van der Waals surface area contributed by atoms with E-state index in [0.717, 1.165) is 0 Å². The Morgan fingerprint density at radius 1 is 0.619 bits per heavy atom. The molecule has 21 heavy (non-hydrogen) atoms. The summed E-state index contributed by atoms with van der Waals surface area (Å²) in [5.74, 6) is 0. The Labute approximate surface area is 132 Å². The molecule has 0 atom stereocenters. The average molecular weight is 299 g/mol. The van der Waals surface area contributed by atoms with Crippen molar-refractivity contribution in [2.24, 2.45) is 0 Å². The van der Waals surface area contributed by atoms with Crippen LogP contribution in [-0.4, -0.2) is 13.6 Å². The van der Waals surface area contributed by atoms with Crippen LogP contribution in [0.15, 0.2) is 0 Å². The van der Waals surface area contributed by atoms with Gasteiger partial charge in [0.15, 0.2) is 0 Å². The molecule has 0 fully saturated rings. The van der Waals surface area contributed by atoms with Gasteiger partial charge in [0, 0.05) is 0 Å². The molecule has 4 heteroatoms. The number of rotatable bonds is 15. The van der Waals surface area contributed by atoms with Crippen molar-refractivity contribution in [3.8, 4) is 0 Å². The first-order chi connectivity index (χ1) is 10.3. The van der Waals surface area contributed by atoms with Crippen LogP contribution >= 0.6 is 0 Å². The van der Waals surface area contributed by atoms with Gasteiger partial charge < -0.3 is 16.4 Å². The second kappa shape index (κ2) is 24.3. The van der Waals surface area contributed by atoms with Gasteiger partial charge in [-0.15, -0.1) is 0 Å². The smallest absolute Gasteiger partial charge is 0.0753 e. The van der Waals surface area contributed by atoms with Gasteiger partial charge in [0.1, 0.15) is 0 Å². The van der Waals surface area contributed by atoms with E-state index in [1.54, 1.807) is 0 Å². The summed E-state index contributed by atoms with van der Waals surface area (Å²) in [6.07, 6.45) is 20.4. The van der Waals surface area contributed by atoms with Gasteiger partial charge in [0.25, 0.3) is 0 Å². The van der Waals surface area contributed by atoms with Crippen LogP contribution in [0.5, 0.6) is 0 Å². The maximum absolute atomic E-state index is 6.75. The van der Waals surface area contributed by atoms with Crippen LogP contribution < -0.4 is 5.32 Å². The van der Waals surface area contributed by atoms with Gasteiger partial charge >= 0.3 is 0 Å². The van der Waals surface area contributed by atoms with E-state index in [1.807, 2.05) is 0 Å². The summed E-state index contributed by atoms with van der Waals surface area (Å²) >= 11 is 0. The molecule has 0 aromatic rings. The molecule has 0 aliphatic rings. The summed E-state index contributed by atoms with van der Waals surface area (Å²) in [4.78, 5) is 1.50. The summed E-state index contributed by atoms with van der Waals surface area (Å²) in [5.41, 5.74) is 13.5. The lowest BCUT2D eigenvalue weighted by atomic mass is 10.0. The Morgan fingerprint density at radius 3 is 1.19 bits per heavy atom. The number of hydrogen-bond donors (Lipinski definition) is 1. The maximum atomic E-state index is 6.75. The Kier molecular flexibility index (Phi) is 26.1. The van der Waals surface area contributed by atoms with Crippen molar-refractivity contribution in [1.82, 2.24) is 0 Å². The number of nitrogens with zero attached hydrogens (tertiary/aromatic N) is 3. The van der Waals surface area contributed by atoms with Crippen molar-refractivity contribution in [3.05, 3.63) is 16.0 Å². The highest BCUT2D eigenvalue weighted by Crippen LogP contribution is 2.12. The number of hydrogen-bond acceptors (Lipinski definition) is 0. The molecule has 0 heterocycles. The van der Waals surface area contributed by atoms with Crippen molar-refractivity contribution in [1.29, 1.82) is 0 Å². The molecule has 0 aliphatic heterocycles. The zero-order valence-electron chi connectivity index (χ0n) is 14.5. The second-order valence-electron chi connectivity index (χ2n) is 5.88. The zero-order chi connectivity index (χ0) is 16.0. The molecular weight excluding hydrogens is 260 g/mol. The van der Waals surface area contributed by atoms with Gasteiger partial charge in [0.2, 0.25) is 0 Å². The third kappa shape index (κ3) is 28.2. The van der Waals surface area contributed by atoms with Crippen LogP contribution in [0.3, 0.4) is 0 Å². The van der Waals surface area contributed by atoms with Crippen LogP contribution in [0.1, 0.15) is 96.8 Å². The Bertz CT molecular complexity index is 185. The van der Waals surface area contributed by atoms with Crippen LogP contribution in [0.25, 0.3) is 16.0 Å². The Balaban J connectivity index is 0. The molecule has 0 amide bonds. The standard InChI is InChI=1S/C17H37N.N3/c1-3-4-5-6-7-8-9-10-11-12-13-14-15-16-17-18-2;1-3-2/h18H,3-17H2,1-2H3;/q;-1/p+1. The lowest BCUT2D eigenvalue weighted by Crippen LogP contribution is -2.79. The van der Waals surface area contributed by atoms with E-state index in [-0.39, 0.29) is 0 Å². The van der Waals surface area contributed by atoms with Gasteiger partial charge in [0.05, 0.1) is 13.6 Å². The van der Waals surface area contributed by atoms with E-state index in [1.165, 1.54) is 101 Å². The third-order valence-corrected chi connectivity index (χ3v) is 3.85. The third-order valence-electron chi connectivity index (χ3n) is 3.85. The van der Waals surface area contributed by atoms with Gasteiger partial charge in [-0.2, -0.15) is 0 Å². The van der Waals surface area contributed by atoms with Gasteiger partial charge in [-0.05, 0) is 12.8 Å². The predicted octanol–water partition coefficient (Wildman–Crippen LogP) is 5.53. The fourth-order valence-electron chi connectivity index (χ4n) is 2.54. The normalized spacial score (nSPS) is 9.81. The number of quaternary nitrogens is 1. The van der Waals surface area contributed by atoms with Crippen LogP contribution in [-0.2, 0) is 0 Å². The van der Waals surface area contributed by atoms with Crippen LogP contribution in [0.4, 0.5) is 0 Å². The van der Waals surface area contributed by atoms with Crippen molar-refractivity contribution < 1.29 is 5.32 Å². The van der Waals surface area contributed by atoms with Gasteiger partial charge in [-0.25, -0.2) is 0 Å². The lowest BCUT2D eigenvalue weighted by Gasteiger charge is -2.02. The molecule has 0 aromatic carbocycles. The highest BCUT2D eigenvalue weighted by atomic mass is 15.0. The summed E-state index contributed by atoms with van der Waals surface area (Å²) in [5, 5.41) is 2.29. The zero-order valence-corrected chi connectivity index (χ0v) is 14.5. The van der Waals surface area contributed by atoms with E-state index in [4.69, 9.17) is 11.1 Å². The highest BCUT2D eigenvalue weighted by Gasteiger charge is 1.94. The van der Waals surface area contributed by atoms with Crippen molar-refractivity contribution >= 4 is 0 Å². The lowest BCUT2D eigenvalue weighted by molar-refractivity contribution is -0.627. The van der Waals surface area contributed by atoms with Gasteiger partial charge in [-0.3, -0.25) is 4.91 Å². The Hall–Kier alpha value is -0.730. The van der Waals surface area contributed by atoms with Crippen LogP contribution in [0.2, 0.25) is 0 Å². The summed E-state index contributed by atoms with van der Waals surface area (Å²) in [6, 6.07) is 0. The largest absolute Gasteiger partial charge is 0.373 e. The van der Waals surface area contributed by atoms with E-state index < -0.39 is 0 Å². The highest BCUT2D eigenvalue weighted by molar-refractivity contribution is 4.48. The fraction of sp³-hybridized carbons (Fsp3) is 1.00. The molecule has 0 saturated heterocycles. The van der Waals surface area contributed by atoms with Crippen molar-refractivity contribution in [3.63, 3.8) is 0 Å². The molecule has 0 aromatic heterocycles. The van der Waals surface area contributed by atoms with Crippen molar-refractivity contribution in [2.45, 2.75) is 96.8 Å². The first-order valence-electron chi connectivity index (χ1n) is 9.09. The molecule has 0 bridgehead atoms. The second-order valence-corrected chi connectivity index (χ2v) is 5.88. The van der Waals surface area contributed by atoms with E-state index in [0.29, 0.717) is 0 Å². The SMILES string of the molecule is CCCCCCCCCCCCCCCC[NH2+]C.[N-]=[N+]=[N-]. The summed E-state index contributed by atoms with van der Waals surface area (Å²) in [6.45, 7) is 3.61. The molecule has 2 N–H and O–H groups in total. The van der Waals surface area contributed by atoms with Gasteiger partial charge in [-0.1, -0.05) is 84.0 Å². The number of unbranched alkanes of at least 4 members (excludes halogenated alkanes) is 13. The minimum absolute atomic E-state index is 1.32. The maximum Gasteiger partial charge on any atom is 0.0753 e. The Morgan fingerprint density at radius 2 is 0.905 bits per heavy atom. The summed E-state index contributed by atoms with van der Waals surface area (Å²) < 4.78 is 0. The molecule has 4 nitrogen and oxygen atoms in total. The molecular formula is C17H38N4. The fourth-order valence-corrected chi connectivity index (χ4v) is 2.54. The minimum atomic E-state index is 1.32. The van der Waals surface area contributed by atoms with E-state index in [2.05, 4.69) is 19.3 Å². The molecule has 0 aliphatic carbocycles. The monoisotopic (exact) mass is 298 g/mol. The number of nitrogens with two attached hydrogens (primary N) is 1. The quantitative estimate of drug-likeness (QED) is 0.179. The minimum Gasteiger partial charge on any atom is -0.373 e. The van der Waals surface area contributed by atoms with Crippen molar-refractivity contribution in [2.75, 3.05) is 13.6 Å². The molecule has 126 valence electrons. The summed E-state index contributed by atoms with van der Waals surface area (Å²) in [7, 11) is 2.17. The average Bonchev–Trinajstić information content (AvgIpc) is 2.48. The van der Waals surface area contributed by atoms with E-state index in [9.17, 15) is 0 Å².